The summed E-state index contributed by atoms with van der Waals surface area (Å²) in [5, 5.41) is 3.65. The fourth-order valence-electron chi connectivity index (χ4n) is 3.07. The highest BCUT2D eigenvalue weighted by atomic mass is 15.1. The lowest BCUT2D eigenvalue weighted by Crippen LogP contribution is -2.34. The van der Waals surface area contributed by atoms with Crippen molar-refractivity contribution in [1.29, 1.82) is 0 Å². The fraction of sp³-hybridized carbons (Fsp3) is 1.00. The van der Waals surface area contributed by atoms with Gasteiger partial charge in [0.25, 0.3) is 0 Å². The van der Waals surface area contributed by atoms with Crippen LogP contribution >= 0.6 is 0 Å². The van der Waals surface area contributed by atoms with Gasteiger partial charge in [0, 0.05) is 6.04 Å². The maximum atomic E-state index is 3.65. The van der Waals surface area contributed by atoms with Crippen LogP contribution in [-0.2, 0) is 0 Å². The predicted octanol–water partition coefficient (Wildman–Crippen LogP) is 2.04. The molecule has 0 saturated heterocycles. The molecule has 2 unspecified atom stereocenters. The summed E-state index contributed by atoms with van der Waals surface area (Å²) in [6.07, 6.45) is 6.90. The number of rotatable bonds is 9. The summed E-state index contributed by atoms with van der Waals surface area (Å²) >= 11 is 0. The topological polar surface area (TPSA) is 18.5 Å². The van der Waals surface area contributed by atoms with E-state index in [0.29, 0.717) is 0 Å². The van der Waals surface area contributed by atoms with Crippen LogP contribution in [0.2, 0.25) is 0 Å². The van der Waals surface area contributed by atoms with E-state index in [2.05, 4.69) is 43.2 Å². The SMILES string of the molecule is CCNC1CCCC1CCN(C)CCCN(C)C. The molecule has 1 aliphatic carbocycles. The molecule has 0 amide bonds. The third-order valence-corrected chi connectivity index (χ3v) is 4.15. The predicted molar refractivity (Wildman–Crippen MR) is 80.1 cm³/mol. The highest BCUT2D eigenvalue weighted by Gasteiger charge is 2.25. The molecule has 3 nitrogen and oxygen atoms in total. The summed E-state index contributed by atoms with van der Waals surface area (Å²) in [6.45, 7) is 7.05. The molecule has 3 heteroatoms. The van der Waals surface area contributed by atoms with Crippen LogP contribution in [0.3, 0.4) is 0 Å². The Hall–Kier alpha value is -0.120. The Bertz CT molecular complexity index is 206. The molecule has 0 spiro atoms. The van der Waals surface area contributed by atoms with Gasteiger partial charge in [0.15, 0.2) is 0 Å². The standard InChI is InChI=1S/C15H33N3/c1-5-16-15-9-6-8-14(15)10-13-18(4)12-7-11-17(2)3/h14-16H,5-13H2,1-4H3. The average Bonchev–Trinajstić information content (AvgIpc) is 2.74. The second kappa shape index (κ2) is 8.89. The molecular formula is C15H33N3. The molecule has 0 aromatic heterocycles. The van der Waals surface area contributed by atoms with E-state index in [4.69, 9.17) is 0 Å². The Morgan fingerprint density at radius 2 is 1.83 bits per heavy atom. The molecule has 1 rings (SSSR count). The van der Waals surface area contributed by atoms with Crippen LogP contribution in [-0.4, -0.2) is 63.2 Å². The van der Waals surface area contributed by atoms with Crippen molar-refractivity contribution in [3.63, 3.8) is 0 Å². The maximum absolute atomic E-state index is 3.65. The molecule has 1 aliphatic rings. The number of nitrogens with zero attached hydrogens (tertiary/aromatic N) is 2. The largest absolute Gasteiger partial charge is 0.314 e. The van der Waals surface area contributed by atoms with Gasteiger partial charge in [-0.3, -0.25) is 0 Å². The summed E-state index contributed by atoms with van der Waals surface area (Å²) in [7, 11) is 6.58. The zero-order valence-electron chi connectivity index (χ0n) is 12.9. The van der Waals surface area contributed by atoms with E-state index in [1.165, 1.54) is 51.7 Å². The molecule has 108 valence electrons. The minimum atomic E-state index is 0.796. The van der Waals surface area contributed by atoms with Crippen molar-refractivity contribution in [2.75, 3.05) is 47.3 Å². The summed E-state index contributed by atoms with van der Waals surface area (Å²) < 4.78 is 0. The normalized spacial score (nSPS) is 24.3. The minimum Gasteiger partial charge on any atom is -0.314 e. The van der Waals surface area contributed by atoms with E-state index < -0.39 is 0 Å². The molecule has 1 N–H and O–H groups in total. The second-order valence-corrected chi connectivity index (χ2v) is 6.10. The van der Waals surface area contributed by atoms with E-state index in [0.717, 1.165) is 18.5 Å². The van der Waals surface area contributed by atoms with Crippen LogP contribution in [0.25, 0.3) is 0 Å². The third-order valence-electron chi connectivity index (χ3n) is 4.15. The number of hydrogen-bond acceptors (Lipinski definition) is 3. The Morgan fingerprint density at radius 3 is 2.50 bits per heavy atom. The molecule has 0 bridgehead atoms. The van der Waals surface area contributed by atoms with E-state index in [1.807, 2.05) is 0 Å². The lowest BCUT2D eigenvalue weighted by atomic mass is 9.99. The Morgan fingerprint density at radius 1 is 1.06 bits per heavy atom. The van der Waals surface area contributed by atoms with E-state index >= 15 is 0 Å². The highest BCUT2D eigenvalue weighted by Crippen LogP contribution is 2.28. The van der Waals surface area contributed by atoms with Crippen molar-refractivity contribution in [3.8, 4) is 0 Å². The van der Waals surface area contributed by atoms with E-state index in [9.17, 15) is 0 Å². The van der Waals surface area contributed by atoms with Crippen molar-refractivity contribution in [2.45, 2.75) is 45.1 Å². The van der Waals surface area contributed by atoms with Gasteiger partial charge in [0.2, 0.25) is 0 Å². The van der Waals surface area contributed by atoms with Crippen molar-refractivity contribution >= 4 is 0 Å². The summed E-state index contributed by atoms with van der Waals surface area (Å²) in [5.74, 6) is 0.918. The van der Waals surface area contributed by atoms with Crippen molar-refractivity contribution in [2.24, 2.45) is 5.92 Å². The van der Waals surface area contributed by atoms with Crippen LogP contribution in [0.15, 0.2) is 0 Å². The number of hydrogen-bond donors (Lipinski definition) is 1. The van der Waals surface area contributed by atoms with Crippen molar-refractivity contribution < 1.29 is 0 Å². The van der Waals surface area contributed by atoms with Crippen LogP contribution in [0.5, 0.6) is 0 Å². The molecule has 1 fully saturated rings. The van der Waals surface area contributed by atoms with E-state index in [-0.39, 0.29) is 0 Å². The molecule has 2 atom stereocenters. The Kier molecular flexibility index (Phi) is 7.87. The van der Waals surface area contributed by atoms with Gasteiger partial charge in [0.05, 0.1) is 0 Å². The first-order chi connectivity index (χ1) is 8.63. The van der Waals surface area contributed by atoms with Gasteiger partial charge in [-0.1, -0.05) is 13.3 Å². The molecule has 18 heavy (non-hydrogen) atoms. The van der Waals surface area contributed by atoms with Crippen LogP contribution in [0.1, 0.15) is 39.0 Å². The molecular weight excluding hydrogens is 222 g/mol. The Labute approximate surface area is 114 Å². The van der Waals surface area contributed by atoms with E-state index in [1.54, 1.807) is 0 Å². The van der Waals surface area contributed by atoms with Gasteiger partial charge < -0.3 is 15.1 Å². The molecule has 1 saturated carbocycles. The maximum Gasteiger partial charge on any atom is 0.00956 e. The summed E-state index contributed by atoms with van der Waals surface area (Å²) in [4.78, 5) is 4.77. The average molecular weight is 255 g/mol. The summed E-state index contributed by atoms with van der Waals surface area (Å²) in [6, 6.07) is 0.796. The monoisotopic (exact) mass is 255 g/mol. The van der Waals surface area contributed by atoms with Gasteiger partial charge >= 0.3 is 0 Å². The fourth-order valence-corrected chi connectivity index (χ4v) is 3.07. The molecule has 0 aromatic carbocycles. The minimum absolute atomic E-state index is 0.796. The van der Waals surface area contributed by atoms with Crippen LogP contribution in [0, 0.1) is 5.92 Å². The summed E-state index contributed by atoms with van der Waals surface area (Å²) in [5.41, 5.74) is 0. The van der Waals surface area contributed by atoms with Gasteiger partial charge in [0.1, 0.15) is 0 Å². The zero-order chi connectivity index (χ0) is 13.4. The third kappa shape index (κ3) is 6.17. The van der Waals surface area contributed by atoms with Crippen LogP contribution in [0.4, 0.5) is 0 Å². The molecule has 0 aliphatic heterocycles. The van der Waals surface area contributed by atoms with Gasteiger partial charge in [-0.25, -0.2) is 0 Å². The Balaban J connectivity index is 2.11. The lowest BCUT2D eigenvalue weighted by Gasteiger charge is -2.24. The molecule has 0 aromatic rings. The number of nitrogens with one attached hydrogen (secondary N) is 1. The second-order valence-electron chi connectivity index (χ2n) is 6.10. The quantitative estimate of drug-likeness (QED) is 0.680. The smallest absolute Gasteiger partial charge is 0.00956 e. The lowest BCUT2D eigenvalue weighted by molar-refractivity contribution is 0.266. The first-order valence-electron chi connectivity index (χ1n) is 7.70. The van der Waals surface area contributed by atoms with Gasteiger partial charge in [-0.05, 0) is 78.9 Å². The van der Waals surface area contributed by atoms with Crippen LogP contribution < -0.4 is 5.32 Å². The van der Waals surface area contributed by atoms with Crippen molar-refractivity contribution in [3.05, 3.63) is 0 Å². The molecule has 0 radical (unpaired) electrons. The first kappa shape index (κ1) is 15.9. The van der Waals surface area contributed by atoms with Gasteiger partial charge in [-0.15, -0.1) is 0 Å². The van der Waals surface area contributed by atoms with Crippen molar-refractivity contribution in [1.82, 2.24) is 15.1 Å². The zero-order valence-corrected chi connectivity index (χ0v) is 12.9. The van der Waals surface area contributed by atoms with Gasteiger partial charge in [-0.2, -0.15) is 0 Å². The molecule has 0 heterocycles. The first-order valence-corrected chi connectivity index (χ1v) is 7.70. The highest BCUT2D eigenvalue weighted by molar-refractivity contribution is 4.83.